The molecule has 0 spiro atoms. The Labute approximate surface area is 163 Å². The number of hydrogen-bond donors (Lipinski definition) is 2. The van der Waals surface area contributed by atoms with Gasteiger partial charge in [-0.15, -0.1) is 0 Å². The first-order valence-corrected chi connectivity index (χ1v) is 8.14. The molecule has 2 aromatic carbocycles. The molecule has 0 atom stereocenters. The third kappa shape index (κ3) is 5.71. The Kier molecular flexibility index (Phi) is 6.81. The minimum Gasteiger partial charge on any atom is -0.508 e. The van der Waals surface area contributed by atoms with Crippen molar-refractivity contribution in [3.63, 3.8) is 0 Å². The van der Waals surface area contributed by atoms with Crippen LogP contribution in [0.1, 0.15) is 29.2 Å². The summed E-state index contributed by atoms with van der Waals surface area (Å²) in [6.45, 7) is 1.24. The Morgan fingerprint density at radius 2 is 1.83 bits per heavy atom. The summed E-state index contributed by atoms with van der Waals surface area (Å²) < 4.78 is 38.6. The van der Waals surface area contributed by atoms with Crippen LogP contribution in [0, 0.1) is 0 Å². The summed E-state index contributed by atoms with van der Waals surface area (Å²) in [7, 11) is 1.21. The number of halogens is 3. The predicted molar refractivity (Wildman–Crippen MR) is 97.7 cm³/mol. The fourth-order valence-electron chi connectivity index (χ4n) is 2.41. The molecule has 2 aromatic rings. The standard InChI is InChI=1S/C19H17F3N2O5/c1-11(13-7-14(19(20,21)22)9-15(25)8-13)23-29-10-12-5-3-4-6-16(12)17(18(26)27)24-28-2/h3-9,25H,10H2,1-2H3,(H,26,27)/b23-11-,24-17+. The van der Waals surface area contributed by atoms with E-state index in [9.17, 15) is 28.2 Å². The summed E-state index contributed by atoms with van der Waals surface area (Å²) in [6, 6.07) is 8.92. The number of rotatable bonds is 7. The lowest BCUT2D eigenvalue weighted by Gasteiger charge is -2.10. The quantitative estimate of drug-likeness (QED) is 0.534. The number of carbonyl (C=O) groups is 1. The van der Waals surface area contributed by atoms with Crippen molar-refractivity contribution in [3.05, 3.63) is 64.7 Å². The predicted octanol–water partition coefficient (Wildman–Crippen LogP) is 3.79. The van der Waals surface area contributed by atoms with Crippen molar-refractivity contribution in [2.24, 2.45) is 10.3 Å². The van der Waals surface area contributed by atoms with Crippen molar-refractivity contribution in [1.82, 2.24) is 0 Å². The van der Waals surface area contributed by atoms with Crippen LogP contribution in [0.3, 0.4) is 0 Å². The number of carboxylic acid groups (broad SMARTS) is 1. The smallest absolute Gasteiger partial charge is 0.416 e. The van der Waals surface area contributed by atoms with Crippen LogP contribution in [-0.4, -0.2) is 34.7 Å². The van der Waals surface area contributed by atoms with E-state index in [1.54, 1.807) is 18.2 Å². The van der Waals surface area contributed by atoms with Crippen molar-refractivity contribution >= 4 is 17.4 Å². The highest BCUT2D eigenvalue weighted by Crippen LogP contribution is 2.32. The molecule has 2 N–H and O–H groups in total. The molecule has 154 valence electrons. The van der Waals surface area contributed by atoms with Crippen LogP contribution in [0.5, 0.6) is 5.75 Å². The number of alkyl halides is 3. The Hall–Kier alpha value is -3.56. The number of aromatic hydroxyl groups is 1. The highest BCUT2D eigenvalue weighted by atomic mass is 19.4. The molecule has 0 heterocycles. The van der Waals surface area contributed by atoms with Crippen LogP contribution < -0.4 is 0 Å². The van der Waals surface area contributed by atoms with Crippen LogP contribution in [0.4, 0.5) is 13.2 Å². The Morgan fingerprint density at radius 3 is 2.45 bits per heavy atom. The zero-order valence-corrected chi connectivity index (χ0v) is 15.4. The number of benzene rings is 2. The van der Waals surface area contributed by atoms with Crippen LogP contribution >= 0.6 is 0 Å². The molecule has 0 aliphatic heterocycles. The van der Waals surface area contributed by atoms with E-state index in [1.807, 2.05) is 0 Å². The van der Waals surface area contributed by atoms with E-state index in [2.05, 4.69) is 15.1 Å². The van der Waals surface area contributed by atoms with Gasteiger partial charge in [-0.2, -0.15) is 13.2 Å². The van der Waals surface area contributed by atoms with Gasteiger partial charge in [0, 0.05) is 16.7 Å². The number of aliphatic carboxylic acids is 1. The molecule has 0 amide bonds. The lowest BCUT2D eigenvalue weighted by molar-refractivity contribution is -0.137. The monoisotopic (exact) mass is 410 g/mol. The van der Waals surface area contributed by atoms with Crippen LogP contribution in [0.25, 0.3) is 0 Å². The largest absolute Gasteiger partial charge is 0.508 e. The molecule has 0 saturated carbocycles. The Balaban J connectivity index is 2.24. The van der Waals surface area contributed by atoms with Crippen LogP contribution in [-0.2, 0) is 27.3 Å². The molecule has 0 unspecified atom stereocenters. The maximum Gasteiger partial charge on any atom is 0.416 e. The van der Waals surface area contributed by atoms with E-state index in [1.165, 1.54) is 20.1 Å². The summed E-state index contributed by atoms with van der Waals surface area (Å²) in [4.78, 5) is 21.1. The van der Waals surface area contributed by atoms with Gasteiger partial charge in [-0.1, -0.05) is 34.6 Å². The van der Waals surface area contributed by atoms with Gasteiger partial charge in [0.25, 0.3) is 0 Å². The van der Waals surface area contributed by atoms with E-state index >= 15 is 0 Å². The second-order valence-corrected chi connectivity index (χ2v) is 5.80. The topological polar surface area (TPSA) is 101 Å². The van der Waals surface area contributed by atoms with Crippen molar-refractivity contribution in [2.75, 3.05) is 7.11 Å². The third-order valence-electron chi connectivity index (χ3n) is 3.74. The summed E-state index contributed by atoms with van der Waals surface area (Å²) in [5.74, 6) is -1.87. The molecule has 0 bridgehead atoms. The maximum absolute atomic E-state index is 12.9. The van der Waals surface area contributed by atoms with Gasteiger partial charge in [-0.25, -0.2) is 4.79 Å². The average molecular weight is 410 g/mol. The minimum atomic E-state index is -4.62. The second kappa shape index (κ2) is 9.09. The molecule has 10 heteroatoms. The molecule has 29 heavy (non-hydrogen) atoms. The van der Waals surface area contributed by atoms with Gasteiger partial charge in [0.1, 0.15) is 19.5 Å². The zero-order chi connectivity index (χ0) is 21.6. The number of hydrogen-bond acceptors (Lipinski definition) is 6. The molecular formula is C19H17F3N2O5. The average Bonchev–Trinajstić information content (AvgIpc) is 2.65. The number of phenolic OH excluding ortho intramolecular Hbond substituents is 1. The number of nitrogens with zero attached hydrogens (tertiary/aromatic N) is 2. The lowest BCUT2D eigenvalue weighted by atomic mass is 10.0. The van der Waals surface area contributed by atoms with Gasteiger partial charge in [0.05, 0.1) is 11.3 Å². The molecule has 2 rings (SSSR count). The molecule has 7 nitrogen and oxygen atoms in total. The Morgan fingerprint density at radius 1 is 1.14 bits per heavy atom. The van der Waals surface area contributed by atoms with Crippen molar-refractivity contribution in [3.8, 4) is 5.75 Å². The van der Waals surface area contributed by atoms with Gasteiger partial charge in [-0.05, 0) is 25.1 Å². The first-order valence-electron chi connectivity index (χ1n) is 8.14. The van der Waals surface area contributed by atoms with Gasteiger partial charge < -0.3 is 19.9 Å². The van der Waals surface area contributed by atoms with Crippen molar-refractivity contribution < 1.29 is 37.9 Å². The first-order chi connectivity index (χ1) is 13.6. The first kappa shape index (κ1) is 21.7. The summed E-state index contributed by atoms with van der Waals surface area (Å²) in [5, 5.41) is 26.0. The van der Waals surface area contributed by atoms with E-state index in [-0.39, 0.29) is 29.2 Å². The van der Waals surface area contributed by atoms with E-state index in [0.29, 0.717) is 11.6 Å². The molecule has 0 aliphatic rings. The van der Waals surface area contributed by atoms with Crippen molar-refractivity contribution in [2.45, 2.75) is 19.7 Å². The van der Waals surface area contributed by atoms with E-state index in [0.717, 1.165) is 12.1 Å². The Bertz CT molecular complexity index is 955. The SMILES string of the molecule is CO/N=C(/C(=O)O)c1ccccc1CO/N=C(/C)c1cc(O)cc(C(F)(F)F)c1. The molecule has 0 saturated heterocycles. The zero-order valence-electron chi connectivity index (χ0n) is 15.4. The highest BCUT2D eigenvalue weighted by molar-refractivity contribution is 6.42. The second-order valence-electron chi connectivity index (χ2n) is 5.80. The molecule has 0 fully saturated rings. The molecular weight excluding hydrogens is 393 g/mol. The van der Waals surface area contributed by atoms with E-state index in [4.69, 9.17) is 4.84 Å². The van der Waals surface area contributed by atoms with Gasteiger partial charge in [-0.3, -0.25) is 0 Å². The van der Waals surface area contributed by atoms with Crippen LogP contribution in [0.15, 0.2) is 52.8 Å². The summed E-state index contributed by atoms with van der Waals surface area (Å²) in [5.41, 5.74) is -0.573. The number of oxime groups is 2. The molecule has 0 radical (unpaired) electrons. The highest BCUT2D eigenvalue weighted by Gasteiger charge is 2.31. The molecule has 0 aromatic heterocycles. The van der Waals surface area contributed by atoms with Gasteiger partial charge in [0.15, 0.2) is 5.71 Å². The maximum atomic E-state index is 12.9. The van der Waals surface area contributed by atoms with Gasteiger partial charge in [0.2, 0.25) is 0 Å². The van der Waals surface area contributed by atoms with E-state index < -0.39 is 23.5 Å². The molecule has 0 aliphatic carbocycles. The van der Waals surface area contributed by atoms with Crippen molar-refractivity contribution in [1.29, 1.82) is 0 Å². The number of carboxylic acids is 1. The van der Waals surface area contributed by atoms with Gasteiger partial charge >= 0.3 is 12.1 Å². The fraction of sp³-hybridized carbons (Fsp3) is 0.211. The minimum absolute atomic E-state index is 0.0257. The fourth-order valence-corrected chi connectivity index (χ4v) is 2.41. The summed E-state index contributed by atoms with van der Waals surface area (Å²) >= 11 is 0. The lowest BCUT2D eigenvalue weighted by Crippen LogP contribution is -2.17. The number of phenols is 1. The third-order valence-corrected chi connectivity index (χ3v) is 3.74. The summed E-state index contributed by atoms with van der Waals surface area (Å²) in [6.07, 6.45) is -4.62. The van der Waals surface area contributed by atoms with Crippen LogP contribution in [0.2, 0.25) is 0 Å². The normalized spacial score (nSPS) is 12.6.